The molecule has 2 atom stereocenters. The Labute approximate surface area is 220 Å². The number of ether oxygens (including phenoxy) is 2. The summed E-state index contributed by atoms with van der Waals surface area (Å²) in [5.74, 6) is 0.345. The minimum Gasteiger partial charge on any atom is -0.487 e. The number of pyridine rings is 1. The topological polar surface area (TPSA) is 102 Å². The molecule has 1 saturated heterocycles. The summed E-state index contributed by atoms with van der Waals surface area (Å²) in [6.07, 6.45) is 1.08. The average Bonchev–Trinajstić information content (AvgIpc) is 2.87. The van der Waals surface area contributed by atoms with Gasteiger partial charge in [0.2, 0.25) is 5.91 Å². The fraction of sp³-hybridized carbons (Fsp3) is 0.333. The molecule has 2 aromatic carbocycles. The zero-order chi connectivity index (χ0) is 26.7. The SMILES string of the molecule is CN=C(N=CN)c1cc(C)nc2c(OCc3c(Cl)cc(F)cc3[C@H](C)N3CC(C)OCC3=O)cccc12. The van der Waals surface area contributed by atoms with Gasteiger partial charge < -0.3 is 20.1 Å². The predicted octanol–water partition coefficient (Wildman–Crippen LogP) is 4.59. The molecule has 0 saturated carbocycles. The maximum absolute atomic E-state index is 14.4. The summed E-state index contributed by atoms with van der Waals surface area (Å²) in [5, 5.41) is 1.01. The van der Waals surface area contributed by atoms with Gasteiger partial charge in [-0.05, 0) is 50.6 Å². The van der Waals surface area contributed by atoms with E-state index in [0.717, 1.165) is 16.6 Å². The van der Waals surface area contributed by atoms with E-state index >= 15 is 0 Å². The highest BCUT2D eigenvalue weighted by atomic mass is 35.5. The van der Waals surface area contributed by atoms with Gasteiger partial charge in [0.15, 0.2) is 5.84 Å². The molecule has 1 aliphatic heterocycles. The molecule has 2 heterocycles. The molecule has 0 aliphatic carbocycles. The summed E-state index contributed by atoms with van der Waals surface area (Å²) in [5.41, 5.74) is 8.83. The quantitative estimate of drug-likeness (QED) is 0.374. The van der Waals surface area contributed by atoms with E-state index in [2.05, 4.69) is 15.0 Å². The van der Waals surface area contributed by atoms with Crippen molar-refractivity contribution in [2.24, 2.45) is 15.7 Å². The molecule has 37 heavy (non-hydrogen) atoms. The van der Waals surface area contributed by atoms with E-state index in [1.165, 1.54) is 18.5 Å². The lowest BCUT2D eigenvalue weighted by molar-refractivity contribution is -0.150. The lowest BCUT2D eigenvalue weighted by Crippen LogP contribution is -2.46. The minimum absolute atomic E-state index is 0.0129. The first-order chi connectivity index (χ1) is 17.7. The molecule has 1 amide bonds. The maximum Gasteiger partial charge on any atom is 0.249 e. The molecule has 0 spiro atoms. The fourth-order valence-corrected chi connectivity index (χ4v) is 4.81. The number of halogens is 2. The number of hydrogen-bond donors (Lipinski definition) is 1. The van der Waals surface area contributed by atoms with Gasteiger partial charge in [0.25, 0.3) is 0 Å². The number of aromatic nitrogens is 1. The molecule has 1 unspecified atom stereocenters. The van der Waals surface area contributed by atoms with Crippen LogP contribution in [0.15, 0.2) is 46.4 Å². The van der Waals surface area contributed by atoms with Crippen molar-refractivity contribution >= 4 is 40.6 Å². The third kappa shape index (κ3) is 5.57. The summed E-state index contributed by atoms with van der Waals surface area (Å²) in [7, 11) is 1.64. The maximum atomic E-state index is 14.4. The van der Waals surface area contributed by atoms with E-state index in [1.807, 2.05) is 39.0 Å². The number of nitrogens with zero attached hydrogens (tertiary/aromatic N) is 4. The normalized spacial score (nSPS) is 17.6. The van der Waals surface area contributed by atoms with Gasteiger partial charge in [-0.2, -0.15) is 0 Å². The third-order valence-electron chi connectivity index (χ3n) is 6.33. The van der Waals surface area contributed by atoms with Gasteiger partial charge in [0.05, 0.1) is 23.5 Å². The number of aryl methyl sites for hydroxylation is 1. The molecule has 1 fully saturated rings. The van der Waals surface area contributed by atoms with Crippen LogP contribution in [-0.4, -0.2) is 54.3 Å². The number of benzene rings is 2. The number of rotatable bonds is 6. The molecular formula is C27H29ClFN5O3. The van der Waals surface area contributed by atoms with Crippen LogP contribution in [0.1, 0.15) is 42.3 Å². The summed E-state index contributed by atoms with van der Waals surface area (Å²) in [6, 6.07) is 9.67. The highest BCUT2D eigenvalue weighted by Gasteiger charge is 2.30. The van der Waals surface area contributed by atoms with Crippen LogP contribution in [-0.2, 0) is 16.1 Å². The third-order valence-corrected chi connectivity index (χ3v) is 6.67. The number of fused-ring (bicyclic) bond motifs is 1. The lowest BCUT2D eigenvalue weighted by atomic mass is 9.99. The Morgan fingerprint density at radius 1 is 1.41 bits per heavy atom. The Morgan fingerprint density at radius 3 is 2.92 bits per heavy atom. The number of nitrogens with two attached hydrogens (primary N) is 1. The van der Waals surface area contributed by atoms with Crippen molar-refractivity contribution < 1.29 is 18.7 Å². The van der Waals surface area contributed by atoms with Crippen molar-refractivity contribution in [1.29, 1.82) is 0 Å². The van der Waals surface area contributed by atoms with Crippen LogP contribution in [0.3, 0.4) is 0 Å². The lowest BCUT2D eigenvalue weighted by Gasteiger charge is -2.36. The Balaban J connectivity index is 1.72. The van der Waals surface area contributed by atoms with Crippen molar-refractivity contribution in [2.45, 2.75) is 39.5 Å². The highest BCUT2D eigenvalue weighted by molar-refractivity contribution is 6.31. The summed E-state index contributed by atoms with van der Waals surface area (Å²) in [4.78, 5) is 27.3. The first kappa shape index (κ1) is 26.5. The zero-order valence-electron chi connectivity index (χ0n) is 21.2. The Kier molecular flexibility index (Phi) is 8.04. The molecule has 0 bridgehead atoms. The highest BCUT2D eigenvalue weighted by Crippen LogP contribution is 2.34. The van der Waals surface area contributed by atoms with Gasteiger partial charge in [0.1, 0.15) is 30.3 Å². The Bertz CT molecular complexity index is 1390. The van der Waals surface area contributed by atoms with Crippen LogP contribution in [0.2, 0.25) is 5.02 Å². The Hall–Kier alpha value is -3.56. The number of carbonyl (C=O) groups is 1. The Morgan fingerprint density at radius 2 is 2.19 bits per heavy atom. The van der Waals surface area contributed by atoms with Crippen LogP contribution in [0.4, 0.5) is 4.39 Å². The number of carbonyl (C=O) groups excluding carboxylic acids is 1. The van der Waals surface area contributed by atoms with Crippen molar-refractivity contribution in [3.8, 4) is 5.75 Å². The number of aliphatic imine (C=N–C) groups is 2. The fourth-order valence-electron chi connectivity index (χ4n) is 4.54. The van der Waals surface area contributed by atoms with Crippen molar-refractivity contribution in [1.82, 2.24) is 9.88 Å². The van der Waals surface area contributed by atoms with E-state index in [9.17, 15) is 9.18 Å². The molecule has 1 aromatic heterocycles. The largest absolute Gasteiger partial charge is 0.487 e. The molecule has 3 aromatic rings. The van der Waals surface area contributed by atoms with Crippen molar-refractivity contribution in [3.05, 3.63) is 69.6 Å². The number of hydrogen-bond acceptors (Lipinski definition) is 5. The minimum atomic E-state index is -0.483. The van der Waals surface area contributed by atoms with Crippen LogP contribution in [0.5, 0.6) is 5.75 Å². The van der Waals surface area contributed by atoms with Gasteiger partial charge in [-0.25, -0.2) is 14.4 Å². The second kappa shape index (κ2) is 11.2. The number of amidine groups is 1. The molecular weight excluding hydrogens is 497 g/mol. The van der Waals surface area contributed by atoms with Gasteiger partial charge in [-0.15, -0.1) is 0 Å². The van der Waals surface area contributed by atoms with Crippen molar-refractivity contribution in [3.63, 3.8) is 0 Å². The molecule has 0 radical (unpaired) electrons. The number of amides is 1. The van der Waals surface area contributed by atoms with Crippen LogP contribution >= 0.6 is 11.6 Å². The second-order valence-corrected chi connectivity index (χ2v) is 9.28. The van der Waals surface area contributed by atoms with Gasteiger partial charge in [0, 0.05) is 35.8 Å². The van der Waals surface area contributed by atoms with E-state index in [4.69, 9.17) is 26.8 Å². The summed E-state index contributed by atoms with van der Waals surface area (Å²) >= 11 is 6.51. The van der Waals surface area contributed by atoms with E-state index in [-0.39, 0.29) is 30.2 Å². The monoisotopic (exact) mass is 525 g/mol. The van der Waals surface area contributed by atoms with Gasteiger partial charge in [-0.1, -0.05) is 23.7 Å². The molecule has 194 valence electrons. The smallest absolute Gasteiger partial charge is 0.249 e. The zero-order valence-corrected chi connectivity index (χ0v) is 21.9. The van der Waals surface area contributed by atoms with E-state index in [0.29, 0.717) is 34.8 Å². The summed E-state index contributed by atoms with van der Waals surface area (Å²) < 4.78 is 26.1. The first-order valence-corrected chi connectivity index (χ1v) is 12.2. The van der Waals surface area contributed by atoms with Crippen LogP contribution in [0.25, 0.3) is 10.9 Å². The van der Waals surface area contributed by atoms with Gasteiger partial charge >= 0.3 is 0 Å². The van der Waals surface area contributed by atoms with Gasteiger partial charge in [-0.3, -0.25) is 9.79 Å². The predicted molar refractivity (Wildman–Crippen MR) is 143 cm³/mol. The molecule has 8 nitrogen and oxygen atoms in total. The molecule has 1 aliphatic rings. The van der Waals surface area contributed by atoms with Crippen LogP contribution in [0, 0.1) is 12.7 Å². The standard InChI is InChI=1S/C27H29ClFN5O3/c1-15-8-21(27(31-4)32-14-30)19-6-5-7-24(26(19)33-15)37-12-22-20(9-18(29)10-23(22)28)17(3)34-11-16(2)36-13-25(34)35/h5-10,14,16-17H,11-13H2,1-4H3,(H2,30,31,32)/t16?,17-/m0/s1. The molecule has 4 rings (SSSR count). The van der Waals surface area contributed by atoms with E-state index < -0.39 is 11.9 Å². The summed E-state index contributed by atoms with van der Waals surface area (Å²) in [6.45, 7) is 6.05. The number of morpholine rings is 1. The molecule has 10 heteroatoms. The number of para-hydroxylation sites is 1. The van der Waals surface area contributed by atoms with Crippen LogP contribution < -0.4 is 10.5 Å². The van der Waals surface area contributed by atoms with Crippen molar-refractivity contribution in [2.75, 3.05) is 20.2 Å². The van der Waals surface area contributed by atoms with E-state index in [1.54, 1.807) is 18.0 Å². The first-order valence-electron chi connectivity index (χ1n) is 11.9. The molecule has 2 N–H and O–H groups in total. The second-order valence-electron chi connectivity index (χ2n) is 8.88. The average molecular weight is 526 g/mol.